The van der Waals surface area contributed by atoms with Crippen molar-refractivity contribution in [2.24, 2.45) is 0 Å². The van der Waals surface area contributed by atoms with E-state index in [1.54, 1.807) is 30.1 Å². The average molecular weight is 360 g/mol. The standard InChI is InChI=1S/C18H20N2O4S/c1-10-16(12(3)21)11(2)19-17(10)18(23)24-9-15(22)20-6-4-14-13(8-20)5-7-25-14/h5,7,19H,4,6,8-9H2,1-3H3. The van der Waals surface area contributed by atoms with Crippen LogP contribution in [0.1, 0.15) is 49.5 Å². The van der Waals surface area contributed by atoms with Gasteiger partial charge in [0.2, 0.25) is 0 Å². The lowest BCUT2D eigenvalue weighted by atomic mass is 10.1. The largest absolute Gasteiger partial charge is 0.451 e. The number of aryl methyl sites for hydroxylation is 1. The van der Waals surface area contributed by atoms with E-state index in [0.29, 0.717) is 29.9 Å². The summed E-state index contributed by atoms with van der Waals surface area (Å²) in [5.41, 5.74) is 3.08. The second-order valence-corrected chi connectivity index (χ2v) is 7.19. The number of rotatable bonds is 4. The Morgan fingerprint density at radius 3 is 2.76 bits per heavy atom. The molecule has 1 aliphatic heterocycles. The molecule has 2 aromatic rings. The molecule has 0 spiro atoms. The van der Waals surface area contributed by atoms with Crippen LogP contribution in [0.15, 0.2) is 11.4 Å². The van der Waals surface area contributed by atoms with Gasteiger partial charge in [0.25, 0.3) is 5.91 Å². The van der Waals surface area contributed by atoms with Gasteiger partial charge in [-0.1, -0.05) is 0 Å². The SMILES string of the molecule is CC(=O)c1c(C)[nH]c(C(=O)OCC(=O)N2CCc3sccc3C2)c1C. The molecule has 0 bridgehead atoms. The predicted octanol–water partition coefficient (Wildman–Crippen LogP) is 2.64. The van der Waals surface area contributed by atoms with E-state index in [2.05, 4.69) is 4.98 Å². The van der Waals surface area contributed by atoms with E-state index in [0.717, 1.165) is 12.0 Å². The number of esters is 1. The lowest BCUT2D eigenvalue weighted by Gasteiger charge is -2.26. The maximum absolute atomic E-state index is 12.3. The van der Waals surface area contributed by atoms with Crippen molar-refractivity contribution in [3.8, 4) is 0 Å². The minimum Gasteiger partial charge on any atom is -0.451 e. The van der Waals surface area contributed by atoms with Crippen LogP contribution in [0.5, 0.6) is 0 Å². The van der Waals surface area contributed by atoms with Gasteiger partial charge in [0, 0.05) is 29.2 Å². The number of hydrogen-bond acceptors (Lipinski definition) is 5. The molecule has 3 heterocycles. The Hall–Kier alpha value is -2.41. The zero-order chi connectivity index (χ0) is 18.1. The summed E-state index contributed by atoms with van der Waals surface area (Å²) < 4.78 is 5.17. The highest BCUT2D eigenvalue weighted by Crippen LogP contribution is 2.24. The molecule has 6 nitrogen and oxygen atoms in total. The number of aromatic nitrogens is 1. The van der Waals surface area contributed by atoms with E-state index in [1.807, 2.05) is 11.4 Å². The van der Waals surface area contributed by atoms with Crippen LogP contribution in [0.2, 0.25) is 0 Å². The topological polar surface area (TPSA) is 79.5 Å². The van der Waals surface area contributed by atoms with Crippen molar-refractivity contribution in [2.45, 2.75) is 33.7 Å². The molecule has 0 radical (unpaired) electrons. The number of H-pyrrole nitrogens is 1. The van der Waals surface area contributed by atoms with Gasteiger partial charge in [0.05, 0.1) is 0 Å². The van der Waals surface area contributed by atoms with Crippen LogP contribution in [0.3, 0.4) is 0 Å². The lowest BCUT2D eigenvalue weighted by Crippen LogP contribution is -2.38. The first-order valence-corrected chi connectivity index (χ1v) is 8.96. The third-order valence-corrected chi connectivity index (χ3v) is 5.50. The molecular weight excluding hydrogens is 340 g/mol. The molecule has 0 aromatic carbocycles. The third-order valence-electron chi connectivity index (χ3n) is 4.48. The van der Waals surface area contributed by atoms with Crippen molar-refractivity contribution in [1.29, 1.82) is 0 Å². The minimum atomic E-state index is -0.616. The van der Waals surface area contributed by atoms with E-state index in [9.17, 15) is 14.4 Å². The number of fused-ring (bicyclic) bond motifs is 1. The number of ketones is 1. The molecule has 1 N–H and O–H groups in total. The fourth-order valence-electron chi connectivity index (χ4n) is 3.23. The fraction of sp³-hybridized carbons (Fsp3) is 0.389. The molecule has 0 unspecified atom stereocenters. The number of carbonyl (C=O) groups is 3. The van der Waals surface area contributed by atoms with E-state index < -0.39 is 5.97 Å². The van der Waals surface area contributed by atoms with E-state index in [1.165, 1.54) is 11.8 Å². The molecule has 132 valence electrons. The molecule has 0 saturated heterocycles. The summed E-state index contributed by atoms with van der Waals surface area (Å²) in [6, 6.07) is 2.03. The Balaban J connectivity index is 1.62. The van der Waals surface area contributed by atoms with Crippen LogP contribution in [0, 0.1) is 13.8 Å². The van der Waals surface area contributed by atoms with Crippen LogP contribution in [-0.4, -0.2) is 40.7 Å². The number of ether oxygens (including phenoxy) is 1. The van der Waals surface area contributed by atoms with Crippen molar-refractivity contribution in [3.05, 3.63) is 44.4 Å². The Labute approximate surface area is 149 Å². The fourth-order valence-corrected chi connectivity index (χ4v) is 4.12. The van der Waals surface area contributed by atoms with Gasteiger partial charge in [-0.25, -0.2) is 4.79 Å². The zero-order valence-corrected chi connectivity index (χ0v) is 15.3. The summed E-state index contributed by atoms with van der Waals surface area (Å²) >= 11 is 1.71. The number of amides is 1. The molecule has 0 saturated carbocycles. The summed E-state index contributed by atoms with van der Waals surface area (Å²) in [7, 11) is 0. The van der Waals surface area contributed by atoms with Crippen molar-refractivity contribution >= 4 is 29.0 Å². The number of thiophene rings is 1. The number of carbonyl (C=O) groups excluding carboxylic acids is 3. The first-order valence-electron chi connectivity index (χ1n) is 8.08. The summed E-state index contributed by atoms with van der Waals surface area (Å²) in [5.74, 6) is -0.936. The Morgan fingerprint density at radius 2 is 2.08 bits per heavy atom. The molecule has 1 aliphatic rings. The van der Waals surface area contributed by atoms with Crippen LogP contribution in [-0.2, 0) is 22.5 Å². The zero-order valence-electron chi connectivity index (χ0n) is 14.5. The highest BCUT2D eigenvalue weighted by Gasteiger charge is 2.24. The second kappa shape index (κ2) is 6.84. The van der Waals surface area contributed by atoms with Gasteiger partial charge in [0.1, 0.15) is 5.69 Å². The van der Waals surface area contributed by atoms with Crippen LogP contribution in [0.25, 0.3) is 0 Å². The first-order chi connectivity index (χ1) is 11.9. The highest BCUT2D eigenvalue weighted by molar-refractivity contribution is 7.10. The summed E-state index contributed by atoms with van der Waals surface area (Å²) in [6.45, 7) is 5.78. The molecule has 7 heteroatoms. The number of hydrogen-bond donors (Lipinski definition) is 1. The summed E-state index contributed by atoms with van der Waals surface area (Å²) in [5, 5.41) is 2.03. The first kappa shape index (κ1) is 17.4. The monoisotopic (exact) mass is 360 g/mol. The molecule has 3 rings (SSSR count). The van der Waals surface area contributed by atoms with Gasteiger partial charge >= 0.3 is 5.97 Å². The van der Waals surface area contributed by atoms with Gasteiger partial charge in [-0.2, -0.15) is 0 Å². The predicted molar refractivity (Wildman–Crippen MR) is 94.0 cm³/mol. The molecule has 0 fully saturated rings. The minimum absolute atomic E-state index is 0.110. The van der Waals surface area contributed by atoms with Gasteiger partial charge in [-0.3, -0.25) is 9.59 Å². The second-order valence-electron chi connectivity index (χ2n) is 6.19. The van der Waals surface area contributed by atoms with Gasteiger partial charge in [-0.05, 0) is 49.8 Å². The van der Waals surface area contributed by atoms with Gasteiger partial charge in [0.15, 0.2) is 12.4 Å². The quantitative estimate of drug-likeness (QED) is 0.671. The average Bonchev–Trinajstić information content (AvgIpc) is 3.15. The lowest BCUT2D eigenvalue weighted by molar-refractivity contribution is -0.135. The van der Waals surface area contributed by atoms with Crippen molar-refractivity contribution in [2.75, 3.05) is 13.2 Å². The third kappa shape index (κ3) is 3.37. The highest BCUT2D eigenvalue weighted by atomic mass is 32.1. The molecule has 2 aromatic heterocycles. The van der Waals surface area contributed by atoms with Crippen molar-refractivity contribution in [3.63, 3.8) is 0 Å². The smallest absolute Gasteiger partial charge is 0.355 e. The molecule has 25 heavy (non-hydrogen) atoms. The number of aromatic amines is 1. The Kier molecular flexibility index (Phi) is 4.76. The van der Waals surface area contributed by atoms with Gasteiger partial charge < -0.3 is 14.6 Å². The summed E-state index contributed by atoms with van der Waals surface area (Å²) in [6.07, 6.45) is 0.837. The Bertz CT molecular complexity index is 849. The van der Waals surface area contributed by atoms with Crippen LogP contribution >= 0.6 is 11.3 Å². The number of nitrogens with one attached hydrogen (secondary N) is 1. The molecule has 0 atom stereocenters. The van der Waals surface area contributed by atoms with Crippen molar-refractivity contribution in [1.82, 2.24) is 9.88 Å². The summed E-state index contributed by atoms with van der Waals surface area (Å²) in [4.78, 5) is 42.1. The molecule has 0 aliphatic carbocycles. The van der Waals surface area contributed by atoms with Crippen LogP contribution in [0.4, 0.5) is 0 Å². The van der Waals surface area contributed by atoms with E-state index in [-0.39, 0.29) is 24.0 Å². The van der Waals surface area contributed by atoms with E-state index >= 15 is 0 Å². The number of Topliss-reactive ketones (excluding diaryl/α,β-unsaturated/α-hetero) is 1. The molecule has 1 amide bonds. The number of nitrogens with zero attached hydrogens (tertiary/aromatic N) is 1. The van der Waals surface area contributed by atoms with Crippen LogP contribution < -0.4 is 0 Å². The normalized spacial score (nSPS) is 13.5. The molecular formula is C18H20N2O4S. The Morgan fingerprint density at radius 1 is 1.32 bits per heavy atom. The maximum atomic E-state index is 12.3. The van der Waals surface area contributed by atoms with Gasteiger partial charge in [-0.15, -0.1) is 11.3 Å². The van der Waals surface area contributed by atoms with E-state index in [4.69, 9.17) is 4.74 Å². The maximum Gasteiger partial charge on any atom is 0.355 e. The van der Waals surface area contributed by atoms with Crippen molar-refractivity contribution < 1.29 is 19.1 Å².